The van der Waals surface area contributed by atoms with E-state index in [2.05, 4.69) is 30.0 Å². The average Bonchev–Trinajstić information content (AvgIpc) is 3.58. The van der Waals surface area contributed by atoms with Crippen molar-refractivity contribution in [3.63, 3.8) is 0 Å². The van der Waals surface area contributed by atoms with E-state index in [1.54, 1.807) is 23.1 Å². The molecule has 0 fully saturated rings. The second-order valence-electron chi connectivity index (χ2n) is 8.81. The number of sulfonamides is 1. The van der Waals surface area contributed by atoms with Crippen LogP contribution in [0.3, 0.4) is 0 Å². The molecule has 0 saturated heterocycles. The summed E-state index contributed by atoms with van der Waals surface area (Å²) < 4.78 is 41.6. The highest BCUT2D eigenvalue weighted by atomic mass is 32.2. The number of H-pyrrole nitrogens is 2. The molecule has 0 radical (unpaired) electrons. The number of rotatable bonds is 6. The minimum atomic E-state index is -3.42. The van der Waals surface area contributed by atoms with Gasteiger partial charge >= 0.3 is 0 Å². The van der Waals surface area contributed by atoms with Gasteiger partial charge in [-0.2, -0.15) is 10.2 Å². The molecule has 37 heavy (non-hydrogen) atoms. The van der Waals surface area contributed by atoms with Gasteiger partial charge in [0, 0.05) is 48.0 Å². The second-order valence-corrected chi connectivity index (χ2v) is 10.6. The third-order valence-electron chi connectivity index (χ3n) is 5.98. The number of hydrogen-bond donors (Lipinski definition) is 3. The van der Waals surface area contributed by atoms with Gasteiger partial charge in [0.15, 0.2) is 0 Å². The standard InChI is InChI=1S/C25H21FN8O2S/c1-34-13-16(12-28-34)19-3-4-21-24(31-19)25(33-32-21)22-10-18-20(30-22)5-6-27-23(18)15-7-14(8-17(26)9-15)11-29-37(2,35)36/h3-10,12-13,29-30H,11H2,1-2H3,(H,32,33). The lowest BCUT2D eigenvalue weighted by molar-refractivity contribution is 0.586. The maximum atomic E-state index is 14.5. The summed E-state index contributed by atoms with van der Waals surface area (Å²) in [6, 6.07) is 12.0. The van der Waals surface area contributed by atoms with Crippen molar-refractivity contribution in [3.8, 4) is 33.9 Å². The van der Waals surface area contributed by atoms with Crippen LogP contribution in [0.5, 0.6) is 0 Å². The summed E-state index contributed by atoms with van der Waals surface area (Å²) in [6.07, 6.45) is 6.35. The van der Waals surface area contributed by atoms with Crippen LogP contribution >= 0.6 is 0 Å². The van der Waals surface area contributed by atoms with Gasteiger partial charge < -0.3 is 4.98 Å². The molecule has 3 N–H and O–H groups in total. The topological polar surface area (TPSA) is 134 Å². The van der Waals surface area contributed by atoms with E-state index >= 15 is 0 Å². The molecule has 12 heteroatoms. The molecule has 0 aliphatic heterocycles. The number of aryl methyl sites for hydroxylation is 1. The SMILES string of the molecule is Cn1cc(-c2ccc3[nH]nc(-c4cc5c(-c6cc(F)cc(CNS(C)(=O)=O)c6)nccc5[nH]4)c3n2)cn1. The molecule has 10 nitrogen and oxygen atoms in total. The van der Waals surface area contributed by atoms with Gasteiger partial charge in [-0.1, -0.05) is 0 Å². The fourth-order valence-corrected chi connectivity index (χ4v) is 4.74. The number of pyridine rings is 2. The monoisotopic (exact) mass is 516 g/mol. The molecule has 0 aliphatic carbocycles. The second kappa shape index (κ2) is 8.61. The largest absolute Gasteiger partial charge is 0.353 e. The van der Waals surface area contributed by atoms with Crippen LogP contribution in [-0.4, -0.2) is 49.6 Å². The van der Waals surface area contributed by atoms with Gasteiger partial charge in [-0.25, -0.2) is 22.5 Å². The molecule has 0 aliphatic rings. The summed E-state index contributed by atoms with van der Waals surface area (Å²) in [5.41, 5.74) is 6.88. The fourth-order valence-electron chi connectivity index (χ4n) is 4.32. The maximum Gasteiger partial charge on any atom is 0.209 e. The molecule has 0 spiro atoms. The van der Waals surface area contributed by atoms with Crippen molar-refractivity contribution < 1.29 is 12.8 Å². The molecule has 0 amide bonds. The maximum absolute atomic E-state index is 14.5. The third-order valence-corrected chi connectivity index (χ3v) is 6.65. The van der Waals surface area contributed by atoms with Crippen LogP contribution in [0.4, 0.5) is 4.39 Å². The van der Waals surface area contributed by atoms with E-state index in [9.17, 15) is 12.8 Å². The van der Waals surface area contributed by atoms with Crippen molar-refractivity contribution >= 4 is 32.0 Å². The molecular weight excluding hydrogens is 495 g/mol. The summed E-state index contributed by atoms with van der Waals surface area (Å²) in [7, 11) is -1.57. The van der Waals surface area contributed by atoms with Gasteiger partial charge in [0.2, 0.25) is 10.0 Å². The van der Waals surface area contributed by atoms with Crippen molar-refractivity contribution in [3.05, 3.63) is 72.4 Å². The van der Waals surface area contributed by atoms with Gasteiger partial charge in [0.25, 0.3) is 0 Å². The van der Waals surface area contributed by atoms with Crippen molar-refractivity contribution in [1.82, 2.24) is 39.7 Å². The predicted octanol–water partition coefficient (Wildman–Crippen LogP) is 3.76. The lowest BCUT2D eigenvalue weighted by Crippen LogP contribution is -2.21. The number of benzene rings is 1. The Bertz CT molecular complexity index is 1900. The van der Waals surface area contributed by atoms with Crippen molar-refractivity contribution in [1.29, 1.82) is 0 Å². The smallest absolute Gasteiger partial charge is 0.209 e. The number of nitrogens with one attached hydrogen (secondary N) is 3. The normalized spacial score (nSPS) is 12.1. The number of fused-ring (bicyclic) bond motifs is 2. The Morgan fingerprint density at radius 1 is 1.05 bits per heavy atom. The van der Waals surface area contributed by atoms with Crippen LogP contribution in [-0.2, 0) is 23.6 Å². The van der Waals surface area contributed by atoms with Crippen LogP contribution in [0.1, 0.15) is 5.56 Å². The molecule has 6 rings (SSSR count). The molecular formula is C25H21FN8O2S. The van der Waals surface area contributed by atoms with Crippen LogP contribution in [0.2, 0.25) is 0 Å². The zero-order valence-corrected chi connectivity index (χ0v) is 20.6. The Morgan fingerprint density at radius 2 is 1.92 bits per heavy atom. The third kappa shape index (κ3) is 4.47. The zero-order chi connectivity index (χ0) is 25.7. The highest BCUT2D eigenvalue weighted by molar-refractivity contribution is 7.88. The quantitative estimate of drug-likeness (QED) is 0.309. The number of hydrogen-bond acceptors (Lipinski definition) is 6. The minimum absolute atomic E-state index is 0.0256. The summed E-state index contributed by atoms with van der Waals surface area (Å²) in [6.45, 7) is -0.0256. The molecule has 1 aromatic carbocycles. The van der Waals surface area contributed by atoms with Crippen LogP contribution in [0.25, 0.3) is 55.8 Å². The number of aromatic amines is 2. The molecule has 0 saturated carbocycles. The zero-order valence-electron chi connectivity index (χ0n) is 19.8. The van der Waals surface area contributed by atoms with Gasteiger partial charge in [-0.3, -0.25) is 14.8 Å². The fraction of sp³-hybridized carbons (Fsp3) is 0.120. The Kier molecular flexibility index (Phi) is 5.35. The van der Waals surface area contributed by atoms with Crippen molar-refractivity contribution in [2.45, 2.75) is 6.54 Å². The highest BCUT2D eigenvalue weighted by Gasteiger charge is 2.17. The first-order valence-electron chi connectivity index (χ1n) is 11.3. The van der Waals surface area contributed by atoms with E-state index in [0.29, 0.717) is 28.0 Å². The Hall–Kier alpha value is -4.42. The lowest BCUT2D eigenvalue weighted by atomic mass is 10.0. The van der Waals surface area contributed by atoms with Crippen LogP contribution in [0.15, 0.2) is 61.1 Å². The Labute approximate surface area is 210 Å². The molecule has 186 valence electrons. The number of aromatic nitrogens is 7. The lowest BCUT2D eigenvalue weighted by Gasteiger charge is -2.07. The minimum Gasteiger partial charge on any atom is -0.353 e. The Morgan fingerprint density at radius 3 is 2.70 bits per heavy atom. The van der Waals surface area contributed by atoms with Crippen molar-refractivity contribution in [2.75, 3.05) is 6.26 Å². The summed E-state index contributed by atoms with van der Waals surface area (Å²) in [4.78, 5) is 12.7. The van der Waals surface area contributed by atoms with E-state index in [1.807, 2.05) is 37.5 Å². The predicted molar refractivity (Wildman–Crippen MR) is 138 cm³/mol. The van der Waals surface area contributed by atoms with Gasteiger partial charge in [0.1, 0.15) is 17.0 Å². The molecule has 0 bridgehead atoms. The highest BCUT2D eigenvalue weighted by Crippen LogP contribution is 2.33. The number of nitrogens with zero attached hydrogens (tertiary/aromatic N) is 5. The van der Waals surface area contributed by atoms with Gasteiger partial charge in [-0.15, -0.1) is 0 Å². The first-order valence-corrected chi connectivity index (χ1v) is 13.2. The molecule has 0 unspecified atom stereocenters. The molecule has 6 aromatic rings. The van der Waals surface area contributed by atoms with Crippen molar-refractivity contribution in [2.24, 2.45) is 7.05 Å². The van der Waals surface area contributed by atoms with Gasteiger partial charge in [0.05, 0.1) is 35.1 Å². The van der Waals surface area contributed by atoms with E-state index in [1.165, 1.54) is 12.1 Å². The van der Waals surface area contributed by atoms with Crippen LogP contribution < -0.4 is 4.72 Å². The van der Waals surface area contributed by atoms with Gasteiger partial charge in [-0.05, 0) is 48.0 Å². The molecule has 0 atom stereocenters. The number of halogens is 1. The summed E-state index contributed by atoms with van der Waals surface area (Å²) in [5.74, 6) is -0.484. The van der Waals surface area contributed by atoms with E-state index in [4.69, 9.17) is 4.98 Å². The average molecular weight is 517 g/mol. The van der Waals surface area contributed by atoms with Crippen LogP contribution in [0, 0.1) is 5.82 Å². The first kappa shape index (κ1) is 23.0. The summed E-state index contributed by atoms with van der Waals surface area (Å²) >= 11 is 0. The van der Waals surface area contributed by atoms with E-state index < -0.39 is 15.8 Å². The Balaban J connectivity index is 1.43. The molecule has 5 heterocycles. The summed E-state index contributed by atoms with van der Waals surface area (Å²) in [5, 5.41) is 12.5. The van der Waals surface area contributed by atoms with E-state index in [0.717, 1.165) is 39.6 Å². The molecule has 5 aromatic heterocycles. The van der Waals surface area contributed by atoms with E-state index in [-0.39, 0.29) is 6.54 Å². The first-order chi connectivity index (χ1) is 17.7.